The van der Waals surface area contributed by atoms with E-state index in [-0.39, 0.29) is 10.8 Å². The van der Waals surface area contributed by atoms with Crippen LogP contribution in [0.25, 0.3) is 97.4 Å². The van der Waals surface area contributed by atoms with Crippen LogP contribution in [0, 0.1) is 0 Å². The summed E-state index contributed by atoms with van der Waals surface area (Å²) in [6.45, 7) is 13.8. The lowest BCUT2D eigenvalue weighted by atomic mass is 9.85. The maximum absolute atomic E-state index is 7.31. The molecule has 0 fully saturated rings. The molecule has 0 saturated carbocycles. The normalized spacial score (nSPS) is 12.9. The third-order valence-corrected chi connectivity index (χ3v) is 16.4. The molecule has 1 aliphatic heterocycles. The first-order valence-electron chi connectivity index (χ1n) is 25.4. The predicted octanol–water partition coefficient (Wildman–Crippen LogP) is 19.8. The molecule has 0 saturated heterocycles. The number of nitrogens with zero attached hydrogens (tertiary/aromatic N) is 3. The Labute approximate surface area is 429 Å². The lowest BCUT2D eigenvalue weighted by Gasteiger charge is -2.33. The van der Waals surface area contributed by atoms with Gasteiger partial charge < -0.3 is 18.8 Å². The van der Waals surface area contributed by atoms with E-state index in [0.717, 1.165) is 51.0 Å². The summed E-state index contributed by atoms with van der Waals surface area (Å²) < 4.78 is 14.7. The fourth-order valence-electron chi connectivity index (χ4n) is 11.4. The van der Waals surface area contributed by atoms with Crippen LogP contribution in [0.4, 0.5) is 17.1 Å². The largest absolute Gasteiger partial charge is 0.453 e. The summed E-state index contributed by atoms with van der Waals surface area (Å²) in [5.41, 5.74) is 17.2. The van der Waals surface area contributed by atoms with Crippen molar-refractivity contribution in [2.45, 2.75) is 52.4 Å². The van der Waals surface area contributed by atoms with Gasteiger partial charge in [-0.25, -0.2) is 0 Å². The lowest BCUT2D eigenvalue weighted by Crippen LogP contribution is -2.16. The number of anilines is 3. The van der Waals surface area contributed by atoms with Gasteiger partial charge in [-0.3, -0.25) is 0 Å². The van der Waals surface area contributed by atoms with Gasteiger partial charge in [0.05, 0.1) is 44.8 Å². The van der Waals surface area contributed by atoms with Crippen molar-refractivity contribution in [2.75, 3.05) is 4.90 Å². The first kappa shape index (κ1) is 43.4. The molecule has 13 aromatic rings. The van der Waals surface area contributed by atoms with Crippen molar-refractivity contribution >= 4 is 92.2 Å². The molecule has 0 N–H and O–H groups in total. The van der Waals surface area contributed by atoms with E-state index < -0.39 is 0 Å². The molecular weight excluding hydrogens is 907 g/mol. The minimum absolute atomic E-state index is 0.00731. The van der Waals surface area contributed by atoms with E-state index in [0.29, 0.717) is 0 Å². The molecule has 4 heterocycles. The quantitative estimate of drug-likeness (QED) is 0.171. The lowest BCUT2D eigenvalue weighted by molar-refractivity contribution is 0.476. The van der Waals surface area contributed by atoms with Crippen molar-refractivity contribution < 1.29 is 4.74 Å². The Kier molecular flexibility index (Phi) is 9.55. The predicted molar refractivity (Wildman–Crippen MR) is 311 cm³/mol. The van der Waals surface area contributed by atoms with Crippen LogP contribution in [0.5, 0.6) is 11.5 Å². The number of rotatable bonds is 5. The zero-order valence-corrected chi connectivity index (χ0v) is 42.7. The first-order valence-corrected chi connectivity index (χ1v) is 26.2. The SMILES string of the molecule is CC(C)(C)c1ccc2c(c1)c1cc(C(C)(C)C)ccc1n2-c1ccc2c(c1)Oc1cc(-n3c4ccc(-c5ccccc5)cc4c4cc(-c5ccccc5)ccc43)ccc1N2c1ccc2sc3ccccc3c2c1. The molecule has 0 bridgehead atoms. The standard InChI is InChI=1S/C68H53N3OS/c1-67(2,3)46-23-30-59-54(37-46)55-38-47(68(4,5)6)24-31-60(55)70(59)50-26-33-62-64(41-50)72-63-40-49(25-32-61(63)71(62)48-27-34-66-56(39-48)51-19-13-14-20-65(51)73-66)69-57-28-21-44(42-15-9-7-10-16-42)35-52(57)53-36-45(22-29-58(53)69)43-17-11-8-12-18-43/h7-41H,1-6H3. The van der Waals surface area contributed by atoms with E-state index in [1.165, 1.54) is 86.1 Å². The zero-order valence-electron chi connectivity index (χ0n) is 41.9. The minimum Gasteiger partial charge on any atom is -0.453 e. The summed E-state index contributed by atoms with van der Waals surface area (Å²) in [5.74, 6) is 1.59. The second kappa shape index (κ2) is 16.1. The summed E-state index contributed by atoms with van der Waals surface area (Å²) in [6.07, 6.45) is 0. The molecule has 73 heavy (non-hydrogen) atoms. The zero-order chi connectivity index (χ0) is 49.3. The maximum Gasteiger partial charge on any atom is 0.153 e. The Bertz CT molecular complexity index is 4200. The monoisotopic (exact) mass is 959 g/mol. The van der Waals surface area contributed by atoms with Gasteiger partial charge in [-0.15, -0.1) is 11.3 Å². The van der Waals surface area contributed by atoms with E-state index >= 15 is 0 Å². The van der Waals surface area contributed by atoms with Crippen molar-refractivity contribution in [3.63, 3.8) is 0 Å². The molecule has 5 heteroatoms. The molecule has 0 spiro atoms. The van der Waals surface area contributed by atoms with Gasteiger partial charge >= 0.3 is 0 Å². The van der Waals surface area contributed by atoms with Gasteiger partial charge in [0.1, 0.15) is 0 Å². The van der Waals surface area contributed by atoms with Gasteiger partial charge in [0.25, 0.3) is 0 Å². The van der Waals surface area contributed by atoms with E-state index in [4.69, 9.17) is 4.74 Å². The molecule has 1 aliphatic rings. The Morgan fingerprint density at radius 3 is 1.27 bits per heavy atom. The third kappa shape index (κ3) is 7.01. The van der Waals surface area contributed by atoms with Crippen LogP contribution in [0.1, 0.15) is 52.7 Å². The molecule has 14 rings (SSSR count). The van der Waals surface area contributed by atoms with E-state index in [9.17, 15) is 0 Å². The number of thiophene rings is 1. The van der Waals surface area contributed by atoms with Gasteiger partial charge in [0, 0.05) is 59.5 Å². The topological polar surface area (TPSA) is 22.3 Å². The highest BCUT2D eigenvalue weighted by Crippen LogP contribution is 2.53. The van der Waals surface area contributed by atoms with Crippen molar-refractivity contribution in [3.05, 3.63) is 223 Å². The highest BCUT2D eigenvalue weighted by atomic mass is 32.1. The van der Waals surface area contributed by atoms with Gasteiger partial charge in [-0.05, 0) is 141 Å². The number of fused-ring (bicyclic) bond motifs is 11. The van der Waals surface area contributed by atoms with Crippen molar-refractivity contribution in [1.82, 2.24) is 9.13 Å². The van der Waals surface area contributed by atoms with Gasteiger partial charge in [0.2, 0.25) is 0 Å². The smallest absolute Gasteiger partial charge is 0.153 e. The molecule has 10 aromatic carbocycles. The molecule has 0 amide bonds. The van der Waals surface area contributed by atoms with Crippen LogP contribution in [-0.2, 0) is 10.8 Å². The highest BCUT2D eigenvalue weighted by Gasteiger charge is 2.29. The van der Waals surface area contributed by atoms with Crippen LogP contribution in [0.15, 0.2) is 212 Å². The Morgan fingerprint density at radius 1 is 0.329 bits per heavy atom. The molecule has 0 unspecified atom stereocenters. The van der Waals surface area contributed by atoms with Gasteiger partial charge in [-0.2, -0.15) is 0 Å². The highest BCUT2D eigenvalue weighted by molar-refractivity contribution is 7.25. The maximum atomic E-state index is 7.31. The number of hydrogen-bond acceptors (Lipinski definition) is 3. The number of aromatic nitrogens is 2. The summed E-state index contributed by atoms with van der Waals surface area (Å²) in [4.78, 5) is 2.40. The van der Waals surface area contributed by atoms with Gasteiger partial charge in [-0.1, -0.05) is 145 Å². The van der Waals surface area contributed by atoms with E-state index in [1.807, 2.05) is 11.3 Å². The molecule has 352 valence electrons. The van der Waals surface area contributed by atoms with E-state index in [1.54, 1.807) is 0 Å². The molecular formula is C68H53N3OS. The van der Waals surface area contributed by atoms with Crippen molar-refractivity contribution in [2.24, 2.45) is 0 Å². The van der Waals surface area contributed by atoms with Crippen LogP contribution in [0.3, 0.4) is 0 Å². The number of ether oxygens (including phenoxy) is 1. The molecule has 0 atom stereocenters. The average molecular weight is 960 g/mol. The molecule has 0 radical (unpaired) electrons. The van der Waals surface area contributed by atoms with Crippen molar-refractivity contribution in [1.29, 1.82) is 0 Å². The number of hydrogen-bond donors (Lipinski definition) is 0. The number of benzene rings is 10. The third-order valence-electron chi connectivity index (χ3n) is 15.2. The Hall–Kier alpha value is -8.38. The fourth-order valence-corrected chi connectivity index (χ4v) is 12.4. The fraction of sp³-hybridized carbons (Fsp3) is 0.118. The Balaban J connectivity index is 0.977. The molecule has 3 aromatic heterocycles. The van der Waals surface area contributed by atoms with Crippen LogP contribution >= 0.6 is 11.3 Å². The summed E-state index contributed by atoms with van der Waals surface area (Å²) in [5, 5.41) is 7.46. The summed E-state index contributed by atoms with van der Waals surface area (Å²) in [6, 6.07) is 78.5. The first-order chi connectivity index (χ1) is 35.4. The average Bonchev–Trinajstić information content (AvgIpc) is 4.06. The van der Waals surface area contributed by atoms with Crippen molar-refractivity contribution in [3.8, 4) is 45.1 Å². The summed E-state index contributed by atoms with van der Waals surface area (Å²) >= 11 is 1.85. The molecule has 0 aliphatic carbocycles. The molecule has 4 nitrogen and oxygen atoms in total. The van der Waals surface area contributed by atoms with Crippen LogP contribution in [-0.4, -0.2) is 9.13 Å². The Morgan fingerprint density at radius 2 is 0.767 bits per heavy atom. The van der Waals surface area contributed by atoms with E-state index in [2.05, 4.69) is 268 Å². The van der Waals surface area contributed by atoms with Crippen LogP contribution in [0.2, 0.25) is 0 Å². The van der Waals surface area contributed by atoms with Crippen LogP contribution < -0.4 is 9.64 Å². The second-order valence-corrected chi connectivity index (χ2v) is 22.9. The van der Waals surface area contributed by atoms with Gasteiger partial charge in [0.15, 0.2) is 11.5 Å². The second-order valence-electron chi connectivity index (χ2n) is 21.9. The summed E-state index contributed by atoms with van der Waals surface area (Å²) in [7, 11) is 0. The minimum atomic E-state index is 0.00731.